The SMILES string of the molecule is CN=C(NCCCN1C(=O)C2C3C=CC(C3)C2C1=O)NCC(C)N1CCC(C)CC1.I. The fraction of sp³-hybridized carbons (Fsp3) is 0.783. The molecular weight excluding hydrogens is 505 g/mol. The molecule has 3 fully saturated rings. The molecule has 0 radical (unpaired) electrons. The number of likely N-dealkylation sites (tertiary alicyclic amines) is 2. The van der Waals surface area contributed by atoms with Gasteiger partial charge in [0.1, 0.15) is 0 Å². The van der Waals surface area contributed by atoms with Gasteiger partial charge in [0.05, 0.1) is 11.8 Å². The Kier molecular flexibility index (Phi) is 8.40. The number of halogens is 1. The quantitative estimate of drug-likeness (QED) is 0.129. The van der Waals surface area contributed by atoms with Gasteiger partial charge in [-0.2, -0.15) is 0 Å². The summed E-state index contributed by atoms with van der Waals surface area (Å²) >= 11 is 0. The number of aliphatic imine (C=N–C) groups is 1. The lowest BCUT2D eigenvalue weighted by atomic mass is 9.85. The summed E-state index contributed by atoms with van der Waals surface area (Å²) in [7, 11) is 1.78. The number of hydrogen-bond donors (Lipinski definition) is 2. The van der Waals surface area contributed by atoms with E-state index in [1.807, 2.05) is 0 Å². The monoisotopic (exact) mass is 543 g/mol. The van der Waals surface area contributed by atoms with Crippen LogP contribution in [0, 0.1) is 29.6 Å². The van der Waals surface area contributed by atoms with Gasteiger partial charge in [-0.3, -0.25) is 24.4 Å². The van der Waals surface area contributed by atoms with Crippen LogP contribution in [-0.2, 0) is 9.59 Å². The van der Waals surface area contributed by atoms with Gasteiger partial charge in [-0.05, 0) is 63.5 Å². The van der Waals surface area contributed by atoms with E-state index < -0.39 is 0 Å². The Morgan fingerprint density at radius 3 is 2.32 bits per heavy atom. The number of guanidine groups is 1. The van der Waals surface area contributed by atoms with Crippen molar-refractivity contribution in [3.05, 3.63) is 12.2 Å². The number of fused-ring (bicyclic) bond motifs is 5. The summed E-state index contributed by atoms with van der Waals surface area (Å²) < 4.78 is 0. The number of piperidine rings is 1. The van der Waals surface area contributed by atoms with E-state index in [1.165, 1.54) is 30.8 Å². The van der Waals surface area contributed by atoms with E-state index in [0.29, 0.717) is 19.1 Å². The highest BCUT2D eigenvalue weighted by molar-refractivity contribution is 14.0. The van der Waals surface area contributed by atoms with E-state index in [9.17, 15) is 9.59 Å². The van der Waals surface area contributed by atoms with Gasteiger partial charge in [0.25, 0.3) is 0 Å². The maximum absolute atomic E-state index is 12.7. The van der Waals surface area contributed by atoms with Crippen molar-refractivity contribution in [3.63, 3.8) is 0 Å². The Balaban J connectivity index is 0.00000272. The van der Waals surface area contributed by atoms with E-state index in [1.54, 1.807) is 7.05 Å². The second-order valence-corrected chi connectivity index (χ2v) is 9.63. The zero-order valence-corrected chi connectivity index (χ0v) is 21.4. The summed E-state index contributed by atoms with van der Waals surface area (Å²) in [5.74, 6) is 2.12. The summed E-state index contributed by atoms with van der Waals surface area (Å²) in [5.41, 5.74) is 0. The number of nitrogens with zero attached hydrogens (tertiary/aromatic N) is 3. The first-order valence-corrected chi connectivity index (χ1v) is 11.7. The van der Waals surface area contributed by atoms with Gasteiger partial charge in [-0.1, -0.05) is 19.1 Å². The molecule has 2 N–H and O–H groups in total. The minimum Gasteiger partial charge on any atom is -0.356 e. The Hall–Kier alpha value is -1.16. The average molecular weight is 543 g/mol. The molecule has 5 atom stereocenters. The summed E-state index contributed by atoms with van der Waals surface area (Å²) in [6.45, 7) is 8.99. The van der Waals surface area contributed by atoms with Crippen LogP contribution in [0.3, 0.4) is 0 Å². The zero-order chi connectivity index (χ0) is 21.3. The van der Waals surface area contributed by atoms with Crippen molar-refractivity contribution in [2.75, 3.05) is 39.8 Å². The van der Waals surface area contributed by atoms with Crippen molar-refractivity contribution in [1.82, 2.24) is 20.4 Å². The zero-order valence-electron chi connectivity index (χ0n) is 19.0. The van der Waals surface area contributed by atoms with E-state index in [0.717, 1.165) is 31.3 Å². The van der Waals surface area contributed by atoms with Crippen LogP contribution in [0.15, 0.2) is 17.1 Å². The van der Waals surface area contributed by atoms with Crippen molar-refractivity contribution in [2.45, 2.75) is 45.6 Å². The maximum Gasteiger partial charge on any atom is 0.233 e. The number of nitrogens with one attached hydrogen (secondary N) is 2. The Bertz CT molecular complexity index is 689. The van der Waals surface area contributed by atoms with Gasteiger partial charge in [-0.25, -0.2) is 0 Å². The molecule has 2 bridgehead atoms. The number of imide groups is 1. The third kappa shape index (κ3) is 5.10. The number of hydrogen-bond acceptors (Lipinski definition) is 4. The lowest BCUT2D eigenvalue weighted by Crippen LogP contribution is -2.48. The molecular formula is C23H38IN5O2. The highest BCUT2D eigenvalue weighted by Gasteiger charge is 2.58. The second kappa shape index (κ2) is 10.6. The molecule has 8 heteroatoms. The standard InChI is InChI=1S/C23H37N5O2.HI/c1-15-7-11-27(12-8-15)16(2)14-26-23(24-3)25-9-4-10-28-21(29)19-17-5-6-18(13-17)20(19)22(28)30;/h5-6,15-20H,4,7-14H2,1-3H3,(H2,24,25,26);1H. The van der Waals surface area contributed by atoms with Gasteiger partial charge in [-0.15, -0.1) is 24.0 Å². The molecule has 31 heavy (non-hydrogen) atoms. The van der Waals surface area contributed by atoms with Gasteiger partial charge in [0.15, 0.2) is 5.96 Å². The number of carbonyl (C=O) groups excluding carboxylic acids is 2. The summed E-state index contributed by atoms with van der Waals surface area (Å²) in [5, 5.41) is 6.74. The van der Waals surface area contributed by atoms with E-state index in [-0.39, 0.29) is 59.5 Å². The molecule has 2 aliphatic heterocycles. The van der Waals surface area contributed by atoms with E-state index >= 15 is 0 Å². The Labute approximate surface area is 203 Å². The molecule has 0 aromatic carbocycles. The average Bonchev–Trinajstić information content (AvgIpc) is 3.43. The van der Waals surface area contributed by atoms with Crippen molar-refractivity contribution >= 4 is 41.8 Å². The predicted molar refractivity (Wildman–Crippen MR) is 133 cm³/mol. The molecule has 0 spiro atoms. The molecule has 7 nitrogen and oxygen atoms in total. The van der Waals surface area contributed by atoms with Crippen molar-refractivity contribution in [1.29, 1.82) is 0 Å². The second-order valence-electron chi connectivity index (χ2n) is 9.63. The Morgan fingerprint density at radius 2 is 1.74 bits per heavy atom. The van der Waals surface area contributed by atoms with Crippen LogP contribution in [0.4, 0.5) is 0 Å². The molecule has 2 aliphatic carbocycles. The predicted octanol–water partition coefficient (Wildman–Crippen LogP) is 2.09. The van der Waals surface area contributed by atoms with Crippen LogP contribution in [0.5, 0.6) is 0 Å². The lowest BCUT2D eigenvalue weighted by Gasteiger charge is -2.35. The Morgan fingerprint density at radius 1 is 1.13 bits per heavy atom. The van der Waals surface area contributed by atoms with Gasteiger partial charge in [0.2, 0.25) is 11.8 Å². The molecule has 0 aromatic rings. The number of amides is 2. The fourth-order valence-corrected chi connectivity index (χ4v) is 5.69. The minimum atomic E-state index is -0.0887. The van der Waals surface area contributed by atoms with Crippen LogP contribution >= 0.6 is 24.0 Å². The third-order valence-electron chi connectivity index (χ3n) is 7.64. The highest BCUT2D eigenvalue weighted by atomic mass is 127. The number of rotatable bonds is 7. The fourth-order valence-electron chi connectivity index (χ4n) is 5.69. The first-order chi connectivity index (χ1) is 14.5. The van der Waals surface area contributed by atoms with Crippen LogP contribution in [0.2, 0.25) is 0 Å². The summed E-state index contributed by atoms with van der Waals surface area (Å²) in [4.78, 5) is 33.8. The molecule has 2 amide bonds. The van der Waals surface area contributed by atoms with Crippen molar-refractivity contribution < 1.29 is 9.59 Å². The van der Waals surface area contributed by atoms with Gasteiger partial charge < -0.3 is 10.6 Å². The summed E-state index contributed by atoms with van der Waals surface area (Å²) in [6.07, 6.45) is 8.57. The van der Waals surface area contributed by atoms with E-state index in [2.05, 4.69) is 46.5 Å². The summed E-state index contributed by atoms with van der Waals surface area (Å²) in [6, 6.07) is 0.472. The molecule has 0 aromatic heterocycles. The first-order valence-electron chi connectivity index (χ1n) is 11.7. The van der Waals surface area contributed by atoms with Crippen molar-refractivity contribution in [3.8, 4) is 0 Å². The minimum absolute atomic E-state index is 0. The highest BCUT2D eigenvalue weighted by Crippen LogP contribution is 2.52. The van der Waals surface area contributed by atoms with Crippen LogP contribution in [0.25, 0.3) is 0 Å². The van der Waals surface area contributed by atoms with Crippen LogP contribution in [0.1, 0.15) is 39.5 Å². The van der Waals surface area contributed by atoms with Gasteiger partial charge >= 0.3 is 0 Å². The molecule has 4 aliphatic rings. The largest absolute Gasteiger partial charge is 0.356 e. The van der Waals surface area contributed by atoms with E-state index in [4.69, 9.17) is 0 Å². The first kappa shape index (κ1) is 24.5. The number of allylic oxidation sites excluding steroid dienone is 2. The topological polar surface area (TPSA) is 77.0 Å². The molecule has 1 saturated carbocycles. The molecule has 4 rings (SSSR count). The molecule has 5 unspecified atom stereocenters. The van der Waals surface area contributed by atoms with Gasteiger partial charge in [0, 0.05) is 32.7 Å². The third-order valence-corrected chi connectivity index (χ3v) is 7.64. The normalized spacial score (nSPS) is 31.7. The van der Waals surface area contributed by atoms with Crippen molar-refractivity contribution in [2.24, 2.45) is 34.6 Å². The molecule has 2 heterocycles. The van der Waals surface area contributed by atoms with Crippen LogP contribution < -0.4 is 10.6 Å². The molecule has 174 valence electrons. The van der Waals surface area contributed by atoms with Crippen LogP contribution in [-0.4, -0.2) is 73.4 Å². The smallest absolute Gasteiger partial charge is 0.233 e. The molecule has 2 saturated heterocycles. The lowest BCUT2D eigenvalue weighted by molar-refractivity contribution is -0.140. The maximum atomic E-state index is 12.7. The number of carbonyl (C=O) groups is 2.